The van der Waals surface area contributed by atoms with Crippen LogP contribution in [0.3, 0.4) is 0 Å². The van der Waals surface area contributed by atoms with Crippen LogP contribution in [0.1, 0.15) is 19.8 Å². The molecule has 1 heterocycles. The molecule has 0 aliphatic carbocycles. The van der Waals surface area contributed by atoms with E-state index in [2.05, 4.69) is 21.9 Å². The van der Waals surface area contributed by atoms with E-state index in [-0.39, 0.29) is 0 Å². The van der Waals surface area contributed by atoms with Crippen molar-refractivity contribution in [2.75, 3.05) is 38.5 Å². The zero-order valence-corrected chi connectivity index (χ0v) is 13.6. The number of sulfonamides is 1. The topological polar surface area (TPSA) is 61.4 Å². The molecule has 1 aromatic rings. The lowest BCUT2D eigenvalue weighted by molar-refractivity contribution is 0.294. The van der Waals surface area contributed by atoms with Crippen LogP contribution in [0.15, 0.2) is 29.2 Å². The predicted octanol–water partition coefficient (Wildman–Crippen LogP) is 1.74. The lowest BCUT2D eigenvalue weighted by atomic mass is 10.1. The molecule has 1 aromatic carbocycles. The van der Waals surface area contributed by atoms with Crippen LogP contribution in [-0.2, 0) is 10.0 Å². The second-order valence-electron chi connectivity index (χ2n) is 5.70. The third-order valence-corrected chi connectivity index (χ3v) is 5.33. The van der Waals surface area contributed by atoms with E-state index < -0.39 is 10.0 Å². The summed E-state index contributed by atoms with van der Waals surface area (Å²) < 4.78 is 26.3. The van der Waals surface area contributed by atoms with Crippen molar-refractivity contribution in [3.63, 3.8) is 0 Å². The van der Waals surface area contributed by atoms with E-state index in [1.165, 1.54) is 33.0 Å². The normalized spacial score (nSPS) is 17.8. The van der Waals surface area contributed by atoms with Gasteiger partial charge in [0.25, 0.3) is 0 Å². The van der Waals surface area contributed by atoms with Crippen LogP contribution in [0.5, 0.6) is 0 Å². The Morgan fingerprint density at radius 3 is 2.57 bits per heavy atom. The average Bonchev–Trinajstić information content (AvgIpc) is 2.98. The minimum Gasteiger partial charge on any atom is -0.384 e. The van der Waals surface area contributed by atoms with Gasteiger partial charge in [-0.05, 0) is 51.0 Å². The minimum absolute atomic E-state index is 0.306. The fourth-order valence-corrected chi connectivity index (χ4v) is 3.62. The summed E-state index contributed by atoms with van der Waals surface area (Å²) in [4.78, 5) is 2.78. The third-order valence-electron chi connectivity index (χ3n) is 3.85. The number of rotatable bonds is 7. The molecule has 1 atom stereocenters. The van der Waals surface area contributed by atoms with Crippen molar-refractivity contribution in [1.29, 1.82) is 0 Å². The molecule has 0 saturated carbocycles. The van der Waals surface area contributed by atoms with Gasteiger partial charge in [-0.15, -0.1) is 0 Å². The van der Waals surface area contributed by atoms with Crippen LogP contribution < -0.4 is 10.0 Å². The zero-order valence-electron chi connectivity index (χ0n) is 12.8. The van der Waals surface area contributed by atoms with Crippen molar-refractivity contribution >= 4 is 15.7 Å². The van der Waals surface area contributed by atoms with E-state index in [4.69, 9.17) is 0 Å². The van der Waals surface area contributed by atoms with E-state index in [0.29, 0.717) is 16.5 Å². The van der Waals surface area contributed by atoms with Gasteiger partial charge in [0.15, 0.2) is 0 Å². The summed E-state index contributed by atoms with van der Waals surface area (Å²) in [6.45, 7) is 6.41. The molecule has 21 heavy (non-hydrogen) atoms. The van der Waals surface area contributed by atoms with Gasteiger partial charge in [0, 0.05) is 13.1 Å². The van der Waals surface area contributed by atoms with E-state index >= 15 is 0 Å². The smallest absolute Gasteiger partial charge is 0.242 e. The van der Waals surface area contributed by atoms with Crippen molar-refractivity contribution in [3.8, 4) is 0 Å². The molecule has 0 spiro atoms. The fourth-order valence-electron chi connectivity index (χ4n) is 2.71. The number of likely N-dealkylation sites (tertiary alicyclic amines) is 1. The molecule has 118 valence electrons. The molecular weight excluding hydrogens is 286 g/mol. The van der Waals surface area contributed by atoms with Gasteiger partial charge in [0.05, 0.1) is 5.69 Å². The predicted molar refractivity (Wildman–Crippen MR) is 86.0 cm³/mol. The Morgan fingerprint density at radius 2 is 1.90 bits per heavy atom. The highest BCUT2D eigenvalue weighted by Crippen LogP contribution is 2.21. The van der Waals surface area contributed by atoms with Gasteiger partial charge in [0.2, 0.25) is 10.0 Å². The van der Waals surface area contributed by atoms with Crippen LogP contribution >= 0.6 is 0 Å². The molecule has 1 saturated heterocycles. The molecule has 0 amide bonds. The number of para-hydroxylation sites is 1. The molecule has 0 radical (unpaired) electrons. The Morgan fingerprint density at radius 1 is 1.24 bits per heavy atom. The molecule has 1 unspecified atom stereocenters. The number of anilines is 1. The van der Waals surface area contributed by atoms with Crippen LogP contribution in [-0.4, -0.2) is 46.5 Å². The zero-order chi connectivity index (χ0) is 15.3. The van der Waals surface area contributed by atoms with Gasteiger partial charge >= 0.3 is 0 Å². The molecule has 0 bridgehead atoms. The van der Waals surface area contributed by atoms with Crippen molar-refractivity contribution in [2.24, 2.45) is 5.92 Å². The van der Waals surface area contributed by atoms with Crippen molar-refractivity contribution in [2.45, 2.75) is 24.7 Å². The number of benzene rings is 1. The first-order chi connectivity index (χ1) is 10.0. The average molecular weight is 311 g/mol. The first kappa shape index (κ1) is 16.3. The van der Waals surface area contributed by atoms with Gasteiger partial charge in [-0.1, -0.05) is 19.1 Å². The minimum atomic E-state index is -3.42. The first-order valence-electron chi connectivity index (χ1n) is 7.52. The monoisotopic (exact) mass is 311 g/mol. The second-order valence-corrected chi connectivity index (χ2v) is 7.55. The Balaban J connectivity index is 1.96. The molecule has 2 rings (SSSR count). The molecule has 0 aromatic heterocycles. The molecular formula is C15H25N3O2S. The Kier molecular flexibility index (Phi) is 5.61. The van der Waals surface area contributed by atoms with Crippen LogP contribution in [0.25, 0.3) is 0 Å². The van der Waals surface area contributed by atoms with E-state index in [1.807, 2.05) is 12.1 Å². The maximum absolute atomic E-state index is 12.0. The maximum Gasteiger partial charge on any atom is 0.242 e. The summed E-state index contributed by atoms with van der Waals surface area (Å²) >= 11 is 0. The Labute approximate surface area is 127 Å². The summed E-state index contributed by atoms with van der Waals surface area (Å²) in [6.07, 6.45) is 2.59. The number of nitrogens with one attached hydrogen (secondary N) is 2. The van der Waals surface area contributed by atoms with Gasteiger partial charge in [0.1, 0.15) is 4.90 Å². The van der Waals surface area contributed by atoms with E-state index in [1.54, 1.807) is 12.1 Å². The van der Waals surface area contributed by atoms with Crippen molar-refractivity contribution in [1.82, 2.24) is 9.62 Å². The SMILES string of the molecule is CNS(=O)(=O)c1ccccc1NCC(C)CN1CCCC1. The quantitative estimate of drug-likeness (QED) is 0.805. The van der Waals surface area contributed by atoms with Gasteiger partial charge < -0.3 is 10.2 Å². The van der Waals surface area contributed by atoms with Crippen molar-refractivity contribution in [3.05, 3.63) is 24.3 Å². The Bertz CT molecular complexity index is 554. The summed E-state index contributed by atoms with van der Waals surface area (Å²) in [5.74, 6) is 0.480. The van der Waals surface area contributed by atoms with Gasteiger partial charge in [-0.2, -0.15) is 0 Å². The molecule has 1 aliphatic rings. The summed E-state index contributed by atoms with van der Waals surface area (Å²) in [6, 6.07) is 7.03. The number of hydrogen-bond acceptors (Lipinski definition) is 4. The van der Waals surface area contributed by atoms with Gasteiger partial charge in [-0.3, -0.25) is 0 Å². The van der Waals surface area contributed by atoms with E-state index in [0.717, 1.165) is 13.1 Å². The lowest BCUT2D eigenvalue weighted by Crippen LogP contribution is -2.29. The lowest BCUT2D eigenvalue weighted by Gasteiger charge is -2.21. The summed E-state index contributed by atoms with van der Waals surface area (Å²) in [5, 5.41) is 3.28. The maximum atomic E-state index is 12.0. The highest BCUT2D eigenvalue weighted by atomic mass is 32.2. The van der Waals surface area contributed by atoms with Crippen LogP contribution in [0.2, 0.25) is 0 Å². The first-order valence-corrected chi connectivity index (χ1v) is 9.00. The number of hydrogen-bond donors (Lipinski definition) is 2. The van der Waals surface area contributed by atoms with Crippen LogP contribution in [0, 0.1) is 5.92 Å². The van der Waals surface area contributed by atoms with E-state index in [9.17, 15) is 8.42 Å². The third kappa shape index (κ3) is 4.43. The summed E-state index contributed by atoms with van der Waals surface area (Å²) in [5.41, 5.74) is 0.667. The highest BCUT2D eigenvalue weighted by Gasteiger charge is 2.17. The number of nitrogens with zero attached hydrogens (tertiary/aromatic N) is 1. The molecule has 5 nitrogen and oxygen atoms in total. The standard InChI is InChI=1S/C15H25N3O2S/c1-13(12-18-9-5-6-10-18)11-17-14-7-3-4-8-15(14)21(19,20)16-2/h3-4,7-8,13,16-17H,5-6,9-12H2,1-2H3. The summed E-state index contributed by atoms with van der Waals surface area (Å²) in [7, 11) is -1.99. The second kappa shape index (κ2) is 7.24. The van der Waals surface area contributed by atoms with Gasteiger partial charge in [-0.25, -0.2) is 13.1 Å². The largest absolute Gasteiger partial charge is 0.384 e. The molecule has 6 heteroatoms. The van der Waals surface area contributed by atoms with Crippen LogP contribution in [0.4, 0.5) is 5.69 Å². The fraction of sp³-hybridized carbons (Fsp3) is 0.600. The Hall–Kier alpha value is -1.11. The molecule has 2 N–H and O–H groups in total. The highest BCUT2D eigenvalue weighted by molar-refractivity contribution is 7.89. The van der Waals surface area contributed by atoms with Crippen molar-refractivity contribution < 1.29 is 8.42 Å². The molecule has 1 aliphatic heterocycles. The molecule has 1 fully saturated rings.